The number of para-hydroxylation sites is 3. The van der Waals surface area contributed by atoms with Crippen molar-refractivity contribution in [2.45, 2.75) is 19.9 Å². The standard InChI is InChI=1S/C25H25N3O3/c1-18(2)28(21-14-12-20(13-15-21)26-19-8-4-3-5-9-19)24(29)16-27-22-10-6-7-11-23(22)31-17-25(27)30/h3-15,18,26H,16-17H2,1-2H3. The summed E-state index contributed by atoms with van der Waals surface area (Å²) in [7, 11) is 0. The summed E-state index contributed by atoms with van der Waals surface area (Å²) in [4.78, 5) is 28.9. The third-order valence-electron chi connectivity index (χ3n) is 5.09. The Bertz CT molecular complexity index is 1060. The fourth-order valence-corrected chi connectivity index (χ4v) is 3.66. The molecule has 4 rings (SSSR count). The Hall–Kier alpha value is -3.80. The molecule has 3 aromatic carbocycles. The van der Waals surface area contributed by atoms with Crippen molar-refractivity contribution >= 4 is 34.6 Å². The number of carbonyl (C=O) groups is 2. The van der Waals surface area contributed by atoms with E-state index in [0.717, 1.165) is 17.1 Å². The highest BCUT2D eigenvalue weighted by molar-refractivity contribution is 6.06. The van der Waals surface area contributed by atoms with Gasteiger partial charge in [0, 0.05) is 23.1 Å². The minimum Gasteiger partial charge on any atom is -0.482 e. The molecule has 1 N–H and O–H groups in total. The van der Waals surface area contributed by atoms with Gasteiger partial charge in [-0.1, -0.05) is 30.3 Å². The van der Waals surface area contributed by atoms with Crippen LogP contribution >= 0.6 is 0 Å². The Kier molecular flexibility index (Phi) is 5.89. The summed E-state index contributed by atoms with van der Waals surface area (Å²) in [5.74, 6) is 0.240. The highest BCUT2D eigenvalue weighted by Crippen LogP contribution is 2.32. The van der Waals surface area contributed by atoms with Gasteiger partial charge in [0.1, 0.15) is 12.3 Å². The van der Waals surface area contributed by atoms with E-state index in [4.69, 9.17) is 4.74 Å². The Morgan fingerprint density at radius 3 is 2.32 bits per heavy atom. The highest BCUT2D eigenvalue weighted by Gasteiger charge is 2.29. The van der Waals surface area contributed by atoms with Crippen LogP contribution in [-0.4, -0.2) is 31.0 Å². The molecule has 6 nitrogen and oxygen atoms in total. The Labute approximate surface area is 182 Å². The average Bonchev–Trinajstić information content (AvgIpc) is 2.77. The number of hydrogen-bond donors (Lipinski definition) is 1. The molecule has 0 fully saturated rings. The summed E-state index contributed by atoms with van der Waals surface area (Å²) in [6.45, 7) is 3.82. The molecule has 0 unspecified atom stereocenters. The number of rotatable bonds is 6. The molecular weight excluding hydrogens is 390 g/mol. The highest BCUT2D eigenvalue weighted by atomic mass is 16.5. The molecule has 0 saturated carbocycles. The number of nitrogens with zero attached hydrogens (tertiary/aromatic N) is 2. The van der Waals surface area contributed by atoms with Crippen LogP contribution in [0.5, 0.6) is 5.75 Å². The van der Waals surface area contributed by atoms with Crippen LogP contribution in [0.4, 0.5) is 22.7 Å². The van der Waals surface area contributed by atoms with Gasteiger partial charge < -0.3 is 15.0 Å². The molecule has 1 aliphatic heterocycles. The summed E-state index contributed by atoms with van der Waals surface area (Å²) in [5, 5.41) is 3.34. The van der Waals surface area contributed by atoms with Crippen molar-refractivity contribution in [3.63, 3.8) is 0 Å². The maximum Gasteiger partial charge on any atom is 0.265 e. The van der Waals surface area contributed by atoms with Gasteiger partial charge in [0.05, 0.1) is 5.69 Å². The van der Waals surface area contributed by atoms with Crippen LogP contribution in [0.1, 0.15) is 13.8 Å². The van der Waals surface area contributed by atoms with E-state index in [1.807, 2.05) is 80.6 Å². The third-order valence-corrected chi connectivity index (χ3v) is 5.09. The molecule has 0 atom stereocenters. The maximum absolute atomic E-state index is 13.3. The van der Waals surface area contributed by atoms with E-state index in [2.05, 4.69) is 5.32 Å². The number of amides is 2. The molecule has 0 aromatic heterocycles. The molecule has 6 heteroatoms. The molecule has 0 saturated heterocycles. The Morgan fingerprint density at radius 1 is 0.968 bits per heavy atom. The zero-order valence-corrected chi connectivity index (χ0v) is 17.6. The number of nitrogens with one attached hydrogen (secondary N) is 1. The molecule has 158 valence electrons. The first kappa shape index (κ1) is 20.5. The number of ether oxygens (including phenoxy) is 1. The van der Waals surface area contributed by atoms with E-state index in [9.17, 15) is 9.59 Å². The first-order valence-electron chi connectivity index (χ1n) is 10.3. The molecule has 3 aromatic rings. The second-order valence-corrected chi connectivity index (χ2v) is 7.63. The predicted octanol–water partition coefficient (Wildman–Crippen LogP) is 4.60. The summed E-state index contributed by atoms with van der Waals surface area (Å²) >= 11 is 0. The van der Waals surface area contributed by atoms with Gasteiger partial charge >= 0.3 is 0 Å². The number of anilines is 4. The average molecular weight is 415 g/mol. The summed E-state index contributed by atoms with van der Waals surface area (Å²) < 4.78 is 5.48. The van der Waals surface area contributed by atoms with Crippen LogP contribution in [0.3, 0.4) is 0 Å². The molecule has 1 aliphatic rings. The SMILES string of the molecule is CC(C)N(C(=O)CN1C(=O)COc2ccccc21)c1ccc(Nc2ccccc2)cc1. The second-order valence-electron chi connectivity index (χ2n) is 7.63. The van der Waals surface area contributed by atoms with Crippen LogP contribution in [0.2, 0.25) is 0 Å². The lowest BCUT2D eigenvalue weighted by Gasteiger charge is -2.33. The van der Waals surface area contributed by atoms with E-state index < -0.39 is 0 Å². The molecule has 0 bridgehead atoms. The van der Waals surface area contributed by atoms with Crippen LogP contribution in [0, 0.1) is 0 Å². The van der Waals surface area contributed by atoms with Crippen molar-refractivity contribution in [3.8, 4) is 5.75 Å². The maximum atomic E-state index is 13.3. The van der Waals surface area contributed by atoms with E-state index in [0.29, 0.717) is 11.4 Å². The summed E-state index contributed by atoms with van der Waals surface area (Å²) in [6, 6.07) is 24.8. The van der Waals surface area contributed by atoms with E-state index in [1.165, 1.54) is 4.90 Å². The third kappa shape index (κ3) is 4.53. The molecule has 0 aliphatic carbocycles. The number of fused-ring (bicyclic) bond motifs is 1. The number of hydrogen-bond acceptors (Lipinski definition) is 4. The van der Waals surface area contributed by atoms with Gasteiger partial charge in [-0.2, -0.15) is 0 Å². The topological polar surface area (TPSA) is 61.9 Å². The molecule has 0 radical (unpaired) electrons. The lowest BCUT2D eigenvalue weighted by Crippen LogP contribution is -2.48. The van der Waals surface area contributed by atoms with Gasteiger partial charge in [-0.25, -0.2) is 0 Å². The van der Waals surface area contributed by atoms with E-state index in [-0.39, 0.29) is 31.0 Å². The van der Waals surface area contributed by atoms with E-state index in [1.54, 1.807) is 17.0 Å². The molecule has 0 spiro atoms. The van der Waals surface area contributed by atoms with Gasteiger partial charge in [0.2, 0.25) is 5.91 Å². The monoisotopic (exact) mass is 415 g/mol. The molecule has 31 heavy (non-hydrogen) atoms. The van der Waals surface area contributed by atoms with Gasteiger partial charge in [0.25, 0.3) is 5.91 Å². The van der Waals surface area contributed by atoms with Crippen molar-refractivity contribution in [1.29, 1.82) is 0 Å². The zero-order valence-electron chi connectivity index (χ0n) is 17.6. The van der Waals surface area contributed by atoms with E-state index >= 15 is 0 Å². The number of carbonyl (C=O) groups excluding carboxylic acids is 2. The molecule has 2 amide bonds. The van der Waals surface area contributed by atoms with Crippen LogP contribution in [0.15, 0.2) is 78.9 Å². The smallest absolute Gasteiger partial charge is 0.265 e. The Morgan fingerprint density at radius 2 is 1.61 bits per heavy atom. The lowest BCUT2D eigenvalue weighted by molar-refractivity contribution is -0.124. The quantitative estimate of drug-likeness (QED) is 0.639. The van der Waals surface area contributed by atoms with Crippen molar-refractivity contribution in [1.82, 2.24) is 0 Å². The predicted molar refractivity (Wildman–Crippen MR) is 123 cm³/mol. The number of benzene rings is 3. The van der Waals surface area contributed by atoms with Crippen molar-refractivity contribution in [3.05, 3.63) is 78.9 Å². The zero-order chi connectivity index (χ0) is 21.8. The minimum atomic E-state index is -0.224. The minimum absolute atomic E-state index is 0.0403. The van der Waals surface area contributed by atoms with Gasteiger partial charge in [-0.05, 0) is 62.4 Å². The fraction of sp³-hybridized carbons (Fsp3) is 0.200. The first-order chi connectivity index (χ1) is 15.0. The van der Waals surface area contributed by atoms with Crippen molar-refractivity contribution < 1.29 is 14.3 Å². The van der Waals surface area contributed by atoms with Crippen LogP contribution in [-0.2, 0) is 9.59 Å². The molecular formula is C25H25N3O3. The first-order valence-corrected chi connectivity index (χ1v) is 10.3. The molecule has 1 heterocycles. The second kappa shape index (κ2) is 8.92. The van der Waals surface area contributed by atoms with Gasteiger partial charge in [-0.3, -0.25) is 14.5 Å². The van der Waals surface area contributed by atoms with Gasteiger partial charge in [0.15, 0.2) is 6.61 Å². The lowest BCUT2D eigenvalue weighted by atomic mass is 10.2. The largest absolute Gasteiger partial charge is 0.482 e. The van der Waals surface area contributed by atoms with Gasteiger partial charge in [-0.15, -0.1) is 0 Å². The summed E-state index contributed by atoms with van der Waals surface area (Å²) in [5.41, 5.74) is 3.34. The summed E-state index contributed by atoms with van der Waals surface area (Å²) in [6.07, 6.45) is 0. The van der Waals surface area contributed by atoms with Crippen molar-refractivity contribution in [2.75, 3.05) is 28.3 Å². The fourth-order valence-electron chi connectivity index (χ4n) is 3.66. The normalized spacial score (nSPS) is 12.9. The van der Waals surface area contributed by atoms with Crippen LogP contribution < -0.4 is 19.9 Å². The van der Waals surface area contributed by atoms with Crippen LogP contribution in [0.25, 0.3) is 0 Å². The Balaban J connectivity index is 1.52. The van der Waals surface area contributed by atoms with Crippen molar-refractivity contribution in [2.24, 2.45) is 0 Å².